The zero-order valence-corrected chi connectivity index (χ0v) is 22.8. The SMILES string of the molecule is Cc1cc(OCCC(C)(C)O)cc(C)c1-c1ccc(F)c2c1CC[C@H]2Nc1cc2c(cn1)[C@@H](CC(=O)O)CO2. The molecule has 39 heavy (non-hydrogen) atoms. The van der Waals surface area contributed by atoms with Crippen molar-refractivity contribution in [3.05, 3.63) is 70.2 Å². The summed E-state index contributed by atoms with van der Waals surface area (Å²) < 4.78 is 26.9. The number of anilines is 1. The second kappa shape index (κ2) is 10.5. The van der Waals surface area contributed by atoms with Crippen LogP contribution in [0, 0.1) is 19.7 Å². The first-order chi connectivity index (χ1) is 18.5. The molecule has 0 unspecified atom stereocenters. The van der Waals surface area contributed by atoms with Crippen LogP contribution in [0.1, 0.15) is 72.9 Å². The summed E-state index contributed by atoms with van der Waals surface area (Å²) in [6.45, 7) is 8.34. The molecule has 2 heterocycles. The minimum Gasteiger partial charge on any atom is -0.493 e. The van der Waals surface area contributed by atoms with Gasteiger partial charge in [-0.1, -0.05) is 6.07 Å². The van der Waals surface area contributed by atoms with Crippen LogP contribution in [0.15, 0.2) is 36.5 Å². The maximum atomic E-state index is 15.3. The van der Waals surface area contributed by atoms with Gasteiger partial charge in [0.15, 0.2) is 0 Å². The molecule has 0 amide bonds. The zero-order valence-electron chi connectivity index (χ0n) is 22.8. The molecule has 0 saturated heterocycles. The standard InChI is InChI=1S/C31H35FN2O5/c1-17-11-20(38-10-9-31(3,4)37)12-18(2)29(17)21-5-7-24(32)30-22(21)6-8-25(30)34-27-14-26-23(15-33-27)19(16-39-26)13-28(35)36/h5,7,11-12,14-15,19,25,37H,6,8-10,13,16H2,1-4H3,(H,33,34)(H,35,36)/t19-,25+/m0/s1. The number of ether oxygens (including phenoxy) is 2. The Morgan fingerprint density at radius 1 is 1.23 bits per heavy atom. The van der Waals surface area contributed by atoms with Crippen molar-refractivity contribution in [3.8, 4) is 22.6 Å². The molecular formula is C31H35FN2O5. The summed E-state index contributed by atoms with van der Waals surface area (Å²) >= 11 is 0. The average Bonchev–Trinajstić information content (AvgIpc) is 3.44. The number of carbonyl (C=O) groups is 1. The number of aromatic nitrogens is 1. The molecule has 0 saturated carbocycles. The number of pyridine rings is 1. The number of hydrogen-bond donors (Lipinski definition) is 3. The number of benzene rings is 2. The van der Waals surface area contributed by atoms with Crippen molar-refractivity contribution in [2.45, 2.75) is 70.9 Å². The smallest absolute Gasteiger partial charge is 0.304 e. The quantitative estimate of drug-likeness (QED) is 0.305. The molecule has 206 valence electrons. The Bertz CT molecular complexity index is 1390. The highest BCUT2D eigenvalue weighted by atomic mass is 19.1. The van der Waals surface area contributed by atoms with Gasteiger partial charge < -0.3 is 25.0 Å². The molecule has 3 N–H and O–H groups in total. The molecule has 0 fully saturated rings. The van der Waals surface area contributed by atoms with E-state index in [1.54, 1.807) is 26.1 Å². The monoisotopic (exact) mass is 534 g/mol. The van der Waals surface area contributed by atoms with Gasteiger partial charge in [0, 0.05) is 35.7 Å². The number of aliphatic hydroxyl groups is 1. The lowest BCUT2D eigenvalue weighted by atomic mass is 9.90. The van der Waals surface area contributed by atoms with E-state index in [9.17, 15) is 9.90 Å². The molecule has 1 aliphatic heterocycles. The third-order valence-corrected chi connectivity index (χ3v) is 7.61. The Morgan fingerprint density at radius 2 is 1.97 bits per heavy atom. The van der Waals surface area contributed by atoms with Crippen molar-refractivity contribution in [1.29, 1.82) is 0 Å². The lowest BCUT2D eigenvalue weighted by molar-refractivity contribution is -0.137. The molecule has 0 bridgehead atoms. The predicted octanol–water partition coefficient (Wildman–Crippen LogP) is 6.09. The highest BCUT2D eigenvalue weighted by molar-refractivity contribution is 5.77. The van der Waals surface area contributed by atoms with Crippen molar-refractivity contribution >= 4 is 11.8 Å². The first-order valence-electron chi connectivity index (χ1n) is 13.4. The van der Waals surface area contributed by atoms with E-state index in [1.165, 1.54) is 6.07 Å². The molecule has 1 aliphatic carbocycles. The van der Waals surface area contributed by atoms with Gasteiger partial charge in [0.05, 0.1) is 31.3 Å². The molecule has 2 aliphatic rings. The summed E-state index contributed by atoms with van der Waals surface area (Å²) in [5.74, 6) is 0.632. The minimum atomic E-state index is -0.870. The molecule has 5 rings (SSSR count). The number of halogens is 1. The van der Waals surface area contributed by atoms with Crippen LogP contribution >= 0.6 is 0 Å². The fourth-order valence-corrected chi connectivity index (χ4v) is 5.74. The van der Waals surface area contributed by atoms with Crippen molar-refractivity contribution in [3.63, 3.8) is 0 Å². The second-order valence-corrected chi connectivity index (χ2v) is 11.3. The van der Waals surface area contributed by atoms with E-state index < -0.39 is 11.6 Å². The third kappa shape index (κ3) is 5.71. The zero-order chi connectivity index (χ0) is 27.9. The summed E-state index contributed by atoms with van der Waals surface area (Å²) in [6, 6.07) is 8.94. The van der Waals surface area contributed by atoms with Gasteiger partial charge >= 0.3 is 5.97 Å². The van der Waals surface area contributed by atoms with Gasteiger partial charge in [0.1, 0.15) is 23.1 Å². The molecule has 0 radical (unpaired) electrons. The fourth-order valence-electron chi connectivity index (χ4n) is 5.74. The highest BCUT2D eigenvalue weighted by Crippen LogP contribution is 2.44. The van der Waals surface area contributed by atoms with Gasteiger partial charge in [0.25, 0.3) is 0 Å². The van der Waals surface area contributed by atoms with Crippen LogP contribution in [0.5, 0.6) is 11.5 Å². The van der Waals surface area contributed by atoms with Crippen molar-refractivity contribution in [1.82, 2.24) is 4.98 Å². The van der Waals surface area contributed by atoms with Crippen LogP contribution in [0.25, 0.3) is 11.1 Å². The molecule has 3 aromatic rings. The Hall–Kier alpha value is -3.65. The first-order valence-corrected chi connectivity index (χ1v) is 13.4. The largest absolute Gasteiger partial charge is 0.493 e. The third-order valence-electron chi connectivity index (χ3n) is 7.61. The predicted molar refractivity (Wildman–Crippen MR) is 147 cm³/mol. The van der Waals surface area contributed by atoms with E-state index >= 15 is 4.39 Å². The van der Waals surface area contributed by atoms with Gasteiger partial charge in [0.2, 0.25) is 0 Å². The van der Waals surface area contributed by atoms with E-state index in [-0.39, 0.29) is 24.2 Å². The lowest BCUT2D eigenvalue weighted by Gasteiger charge is -2.20. The molecule has 7 nitrogen and oxygen atoms in total. The molecule has 2 aromatic carbocycles. The number of hydrogen-bond acceptors (Lipinski definition) is 6. The van der Waals surface area contributed by atoms with Crippen molar-refractivity contribution in [2.75, 3.05) is 18.5 Å². The first kappa shape index (κ1) is 26.9. The number of carboxylic acid groups (broad SMARTS) is 1. The average molecular weight is 535 g/mol. The highest BCUT2D eigenvalue weighted by Gasteiger charge is 2.31. The summed E-state index contributed by atoms with van der Waals surface area (Å²) in [5.41, 5.74) is 5.86. The number of fused-ring (bicyclic) bond motifs is 2. The Morgan fingerprint density at radius 3 is 2.67 bits per heavy atom. The van der Waals surface area contributed by atoms with Gasteiger partial charge in [-0.05, 0) is 86.6 Å². The number of nitrogens with zero attached hydrogens (tertiary/aromatic N) is 1. The van der Waals surface area contributed by atoms with E-state index in [0.29, 0.717) is 36.8 Å². The number of rotatable bonds is 9. The summed E-state index contributed by atoms with van der Waals surface area (Å²) in [5, 5.41) is 22.5. The molecule has 0 spiro atoms. The van der Waals surface area contributed by atoms with Crippen molar-refractivity contribution in [2.24, 2.45) is 0 Å². The van der Waals surface area contributed by atoms with Crippen LogP contribution in [0.2, 0.25) is 0 Å². The van der Waals surface area contributed by atoms with Gasteiger partial charge in [-0.2, -0.15) is 0 Å². The Kier molecular flexibility index (Phi) is 7.25. The van der Waals surface area contributed by atoms with Crippen LogP contribution in [-0.2, 0) is 11.2 Å². The topological polar surface area (TPSA) is 101 Å². The second-order valence-electron chi connectivity index (χ2n) is 11.3. The van der Waals surface area contributed by atoms with Crippen LogP contribution < -0.4 is 14.8 Å². The molecule has 2 atom stereocenters. The normalized spacial score (nSPS) is 17.9. The van der Waals surface area contributed by atoms with E-state index in [4.69, 9.17) is 14.6 Å². The van der Waals surface area contributed by atoms with Crippen LogP contribution in [-0.4, -0.2) is 40.0 Å². The van der Waals surface area contributed by atoms with Gasteiger partial charge in [-0.25, -0.2) is 9.37 Å². The van der Waals surface area contributed by atoms with E-state index in [1.807, 2.05) is 32.0 Å². The van der Waals surface area contributed by atoms with Crippen LogP contribution in [0.3, 0.4) is 0 Å². The number of nitrogens with one attached hydrogen (secondary N) is 1. The maximum absolute atomic E-state index is 15.3. The number of carboxylic acids is 1. The van der Waals surface area contributed by atoms with Gasteiger partial charge in [-0.15, -0.1) is 0 Å². The fraction of sp³-hybridized carbons (Fsp3) is 0.419. The molecular weight excluding hydrogens is 499 g/mol. The number of aryl methyl sites for hydroxylation is 2. The number of aliphatic carboxylic acids is 1. The summed E-state index contributed by atoms with van der Waals surface area (Å²) in [4.78, 5) is 15.6. The van der Waals surface area contributed by atoms with Crippen LogP contribution in [0.4, 0.5) is 10.2 Å². The maximum Gasteiger partial charge on any atom is 0.304 e. The van der Waals surface area contributed by atoms with Crippen molar-refractivity contribution < 1.29 is 28.9 Å². The van der Waals surface area contributed by atoms with Gasteiger partial charge in [-0.3, -0.25) is 4.79 Å². The van der Waals surface area contributed by atoms with E-state index in [0.717, 1.165) is 52.0 Å². The summed E-state index contributed by atoms with van der Waals surface area (Å²) in [7, 11) is 0. The lowest BCUT2D eigenvalue weighted by Crippen LogP contribution is -2.21. The summed E-state index contributed by atoms with van der Waals surface area (Å²) in [6.07, 6.45) is 3.64. The molecule has 1 aromatic heterocycles. The Labute approximate surface area is 228 Å². The molecule has 8 heteroatoms. The Balaban J connectivity index is 1.38. The van der Waals surface area contributed by atoms with E-state index in [2.05, 4.69) is 10.3 Å². The minimum absolute atomic E-state index is 0.00177.